The number of nitrogens with zero attached hydrogens (tertiary/aromatic N) is 2. The molecule has 4 rings (SSSR count). The van der Waals surface area contributed by atoms with Crippen LogP contribution in [0.4, 0.5) is 0 Å². The summed E-state index contributed by atoms with van der Waals surface area (Å²) in [6.07, 6.45) is 11.0. The van der Waals surface area contributed by atoms with Gasteiger partial charge in [-0.05, 0) is 88.3 Å². The van der Waals surface area contributed by atoms with Gasteiger partial charge in [0.1, 0.15) is 11.5 Å². The molecule has 32 heavy (non-hydrogen) atoms. The fourth-order valence-corrected chi connectivity index (χ4v) is 4.61. The summed E-state index contributed by atoms with van der Waals surface area (Å²) in [6, 6.07) is 17.7. The summed E-state index contributed by atoms with van der Waals surface area (Å²) in [6.45, 7) is 6.46. The lowest BCUT2D eigenvalue weighted by Gasteiger charge is -2.40. The van der Waals surface area contributed by atoms with Crippen LogP contribution in [0.1, 0.15) is 42.5 Å². The van der Waals surface area contributed by atoms with Crippen molar-refractivity contribution in [3.8, 4) is 11.5 Å². The number of nitrogens with one attached hydrogen (secondary N) is 1. The van der Waals surface area contributed by atoms with Crippen molar-refractivity contribution < 1.29 is 9.53 Å². The second kappa shape index (κ2) is 11.8. The van der Waals surface area contributed by atoms with Crippen molar-refractivity contribution >= 4 is 5.91 Å². The van der Waals surface area contributed by atoms with E-state index < -0.39 is 0 Å². The molecule has 2 fully saturated rings. The zero-order valence-electron chi connectivity index (χ0n) is 18.9. The first-order chi connectivity index (χ1) is 15.8. The molecule has 2 heterocycles. The Bertz CT molecular complexity index is 852. The average Bonchev–Trinajstić information content (AvgIpc) is 2.86. The van der Waals surface area contributed by atoms with Crippen molar-refractivity contribution in [2.45, 2.75) is 38.1 Å². The van der Waals surface area contributed by atoms with E-state index in [-0.39, 0.29) is 5.91 Å². The number of carbonyl (C=O) groups excluding carboxylic acids is 1. The molecule has 2 saturated heterocycles. The second-order valence-corrected chi connectivity index (χ2v) is 8.75. The number of para-hydroxylation sites is 1. The van der Waals surface area contributed by atoms with Gasteiger partial charge in [-0.25, -0.2) is 0 Å². The summed E-state index contributed by atoms with van der Waals surface area (Å²) in [5.74, 6) is 1.44. The molecule has 5 nitrogen and oxygen atoms in total. The van der Waals surface area contributed by atoms with Gasteiger partial charge in [-0.3, -0.25) is 9.69 Å². The van der Waals surface area contributed by atoms with Crippen molar-refractivity contribution in [2.24, 2.45) is 0 Å². The largest absolute Gasteiger partial charge is 0.457 e. The smallest absolute Gasteiger partial charge is 0.251 e. The van der Waals surface area contributed by atoms with Gasteiger partial charge in [0, 0.05) is 24.7 Å². The summed E-state index contributed by atoms with van der Waals surface area (Å²) in [5.41, 5.74) is 0.638. The van der Waals surface area contributed by atoms with Gasteiger partial charge in [0.15, 0.2) is 0 Å². The minimum absolute atomic E-state index is 0.0664. The number of hydrogen-bond acceptors (Lipinski definition) is 4. The highest BCUT2D eigenvalue weighted by molar-refractivity contribution is 5.94. The number of carbonyl (C=O) groups is 1. The Morgan fingerprint density at radius 3 is 2.28 bits per heavy atom. The van der Waals surface area contributed by atoms with Crippen LogP contribution in [0.25, 0.3) is 0 Å². The van der Waals surface area contributed by atoms with Crippen LogP contribution in [0.2, 0.25) is 0 Å². The zero-order chi connectivity index (χ0) is 22.0. The number of hydrogen-bond donors (Lipinski definition) is 1. The van der Waals surface area contributed by atoms with Crippen LogP contribution >= 0.6 is 0 Å². The van der Waals surface area contributed by atoms with E-state index >= 15 is 0 Å². The zero-order valence-corrected chi connectivity index (χ0v) is 18.9. The molecule has 2 aromatic carbocycles. The molecule has 0 saturated carbocycles. The maximum Gasteiger partial charge on any atom is 0.251 e. The molecule has 0 spiro atoms. The van der Waals surface area contributed by atoms with E-state index in [1.54, 1.807) is 12.1 Å². The molecule has 1 amide bonds. The van der Waals surface area contributed by atoms with Gasteiger partial charge in [0.25, 0.3) is 5.91 Å². The van der Waals surface area contributed by atoms with E-state index in [1.165, 1.54) is 58.3 Å². The molecule has 0 bridgehead atoms. The van der Waals surface area contributed by atoms with E-state index in [2.05, 4.69) is 27.3 Å². The number of benzene rings is 2. The molecular weight excluding hydrogens is 398 g/mol. The van der Waals surface area contributed by atoms with Crippen LogP contribution in [0.15, 0.2) is 66.7 Å². The Kier molecular flexibility index (Phi) is 8.35. The second-order valence-electron chi connectivity index (χ2n) is 8.75. The predicted molar refractivity (Wildman–Crippen MR) is 129 cm³/mol. The van der Waals surface area contributed by atoms with Gasteiger partial charge in [-0.15, -0.1) is 0 Å². The summed E-state index contributed by atoms with van der Waals surface area (Å²) in [4.78, 5) is 17.6. The quantitative estimate of drug-likeness (QED) is 0.612. The van der Waals surface area contributed by atoms with Crippen LogP contribution in [0.5, 0.6) is 11.5 Å². The number of piperidine rings is 2. The van der Waals surface area contributed by atoms with Crippen molar-refractivity contribution in [1.82, 2.24) is 15.1 Å². The predicted octanol–water partition coefficient (Wildman–Crippen LogP) is 4.72. The van der Waals surface area contributed by atoms with Crippen molar-refractivity contribution in [1.29, 1.82) is 0 Å². The monoisotopic (exact) mass is 433 g/mol. The Labute approximate surface area is 192 Å². The van der Waals surface area contributed by atoms with Crippen molar-refractivity contribution in [3.05, 3.63) is 72.3 Å². The minimum atomic E-state index is -0.0664. The highest BCUT2D eigenvalue weighted by atomic mass is 16.5. The van der Waals surface area contributed by atoms with Gasteiger partial charge in [0.2, 0.25) is 0 Å². The molecule has 2 aliphatic rings. The molecule has 170 valence electrons. The van der Waals surface area contributed by atoms with Crippen LogP contribution in [-0.4, -0.2) is 61.0 Å². The van der Waals surface area contributed by atoms with Crippen LogP contribution in [-0.2, 0) is 0 Å². The highest BCUT2D eigenvalue weighted by Crippen LogP contribution is 2.22. The van der Waals surface area contributed by atoms with Crippen molar-refractivity contribution in [2.75, 3.05) is 39.3 Å². The third kappa shape index (κ3) is 6.68. The Balaban J connectivity index is 1.13. The number of likely N-dealkylation sites (tertiary alicyclic amines) is 2. The molecule has 0 aromatic heterocycles. The SMILES string of the molecule is O=C(NCC=CCN1CCC(N2CCCCC2)CC1)c1ccc(Oc2ccccc2)cc1. The lowest BCUT2D eigenvalue weighted by atomic mass is 10.00. The summed E-state index contributed by atoms with van der Waals surface area (Å²) >= 11 is 0. The number of amides is 1. The van der Waals surface area contributed by atoms with Gasteiger partial charge in [-0.2, -0.15) is 0 Å². The first-order valence-corrected chi connectivity index (χ1v) is 12.0. The van der Waals surface area contributed by atoms with E-state index in [9.17, 15) is 4.79 Å². The standard InChI is InChI=1S/C27H35N3O2/c31-27(23-11-13-26(14-12-23)32-25-9-3-1-4-10-25)28-17-5-8-18-29-21-15-24(16-22-29)30-19-6-2-7-20-30/h1,3-5,8-14,24H,2,6-7,15-22H2,(H,28,31). The number of rotatable bonds is 8. The van der Waals surface area contributed by atoms with E-state index in [0.717, 1.165) is 24.1 Å². The molecule has 0 atom stereocenters. The van der Waals surface area contributed by atoms with Gasteiger partial charge < -0.3 is 15.0 Å². The van der Waals surface area contributed by atoms with Crippen molar-refractivity contribution in [3.63, 3.8) is 0 Å². The molecule has 1 N–H and O–H groups in total. The maximum atomic E-state index is 12.4. The summed E-state index contributed by atoms with van der Waals surface area (Å²) < 4.78 is 5.77. The van der Waals surface area contributed by atoms with Gasteiger partial charge in [-0.1, -0.05) is 36.8 Å². The number of ether oxygens (including phenoxy) is 1. The minimum Gasteiger partial charge on any atom is -0.457 e. The molecule has 0 aliphatic carbocycles. The molecule has 0 unspecified atom stereocenters. The van der Waals surface area contributed by atoms with Crippen LogP contribution in [0, 0.1) is 0 Å². The Morgan fingerprint density at radius 1 is 0.875 bits per heavy atom. The fraction of sp³-hybridized carbons (Fsp3) is 0.444. The molecule has 2 aliphatic heterocycles. The summed E-state index contributed by atoms with van der Waals surface area (Å²) in [5, 5.41) is 2.96. The normalized spacial score (nSPS) is 18.6. The summed E-state index contributed by atoms with van der Waals surface area (Å²) in [7, 11) is 0. The molecule has 5 heteroatoms. The lowest BCUT2D eigenvalue weighted by Crippen LogP contribution is -2.46. The first-order valence-electron chi connectivity index (χ1n) is 12.0. The fourth-order valence-electron chi connectivity index (χ4n) is 4.61. The van der Waals surface area contributed by atoms with E-state index in [0.29, 0.717) is 12.1 Å². The van der Waals surface area contributed by atoms with Crippen LogP contribution in [0.3, 0.4) is 0 Å². The lowest BCUT2D eigenvalue weighted by molar-refractivity contribution is 0.0956. The van der Waals surface area contributed by atoms with Crippen LogP contribution < -0.4 is 10.1 Å². The van der Waals surface area contributed by atoms with E-state index in [4.69, 9.17) is 4.74 Å². The first kappa shape index (κ1) is 22.6. The topological polar surface area (TPSA) is 44.8 Å². The maximum absolute atomic E-state index is 12.4. The Morgan fingerprint density at radius 2 is 1.56 bits per heavy atom. The third-order valence-electron chi connectivity index (χ3n) is 6.47. The van der Waals surface area contributed by atoms with Gasteiger partial charge in [0.05, 0.1) is 0 Å². The highest BCUT2D eigenvalue weighted by Gasteiger charge is 2.24. The van der Waals surface area contributed by atoms with E-state index in [1.807, 2.05) is 42.5 Å². The molecular formula is C27H35N3O2. The third-order valence-corrected chi connectivity index (χ3v) is 6.47. The average molecular weight is 434 g/mol. The molecule has 2 aromatic rings. The Hall–Kier alpha value is -2.63. The van der Waals surface area contributed by atoms with Gasteiger partial charge >= 0.3 is 0 Å². The molecule has 0 radical (unpaired) electrons.